The Morgan fingerprint density at radius 2 is 1.86 bits per heavy atom. The lowest BCUT2D eigenvalue weighted by Crippen LogP contribution is -2.38. The summed E-state index contributed by atoms with van der Waals surface area (Å²) in [6.07, 6.45) is 6.44. The molecule has 0 spiro atoms. The molecular weight excluding hydrogens is 258 g/mol. The Kier molecular flexibility index (Phi) is 5.58. The third-order valence-electron chi connectivity index (χ3n) is 5.10. The van der Waals surface area contributed by atoms with Gasteiger partial charge >= 0.3 is 0 Å². The van der Waals surface area contributed by atoms with E-state index < -0.39 is 0 Å². The lowest BCUT2D eigenvalue weighted by molar-refractivity contribution is 0.0884. The van der Waals surface area contributed by atoms with Crippen molar-refractivity contribution in [2.24, 2.45) is 5.92 Å². The fourth-order valence-electron chi connectivity index (χ4n) is 3.47. The van der Waals surface area contributed by atoms with Gasteiger partial charge in [-0.15, -0.1) is 0 Å². The van der Waals surface area contributed by atoms with Crippen molar-refractivity contribution in [3.8, 4) is 0 Å². The maximum absolute atomic E-state index is 12.5. The first kappa shape index (κ1) is 16.2. The first-order valence-electron chi connectivity index (χ1n) is 8.32. The van der Waals surface area contributed by atoms with Crippen molar-refractivity contribution < 1.29 is 4.79 Å². The van der Waals surface area contributed by atoms with E-state index in [9.17, 15) is 4.79 Å². The van der Waals surface area contributed by atoms with Crippen LogP contribution in [0.1, 0.15) is 60.5 Å². The summed E-state index contributed by atoms with van der Waals surface area (Å²) in [6, 6.07) is 6.73. The Balaban J connectivity index is 1.95. The molecule has 0 heterocycles. The van der Waals surface area contributed by atoms with E-state index in [1.807, 2.05) is 19.9 Å². The highest BCUT2D eigenvalue weighted by molar-refractivity contribution is 5.99. The SMILES string of the molecule is CCC1CCC(N(C)CC(=O)c2cc(C)ccc2C)CC1. The minimum absolute atomic E-state index is 0.260. The Bertz CT molecular complexity index is 486. The topological polar surface area (TPSA) is 20.3 Å². The highest BCUT2D eigenvalue weighted by Gasteiger charge is 2.24. The number of aryl methyl sites for hydroxylation is 2. The number of nitrogens with zero attached hydrogens (tertiary/aromatic N) is 1. The van der Waals surface area contributed by atoms with E-state index in [4.69, 9.17) is 0 Å². The minimum atomic E-state index is 0.260. The molecule has 0 saturated heterocycles. The van der Waals surface area contributed by atoms with Crippen molar-refractivity contribution in [2.45, 2.75) is 58.9 Å². The molecule has 0 bridgehead atoms. The monoisotopic (exact) mass is 287 g/mol. The van der Waals surface area contributed by atoms with Gasteiger partial charge in [-0.2, -0.15) is 0 Å². The summed E-state index contributed by atoms with van der Waals surface area (Å²) in [6.45, 7) is 6.91. The lowest BCUT2D eigenvalue weighted by Gasteiger charge is -2.34. The zero-order valence-corrected chi connectivity index (χ0v) is 14.0. The van der Waals surface area contributed by atoms with Gasteiger partial charge in [-0.05, 0) is 64.1 Å². The number of carbonyl (C=O) groups excluding carboxylic acids is 1. The predicted molar refractivity (Wildman–Crippen MR) is 88.9 cm³/mol. The molecule has 1 aromatic carbocycles. The molecule has 2 nitrogen and oxygen atoms in total. The molecule has 0 radical (unpaired) electrons. The average Bonchev–Trinajstić information content (AvgIpc) is 2.49. The number of hydrogen-bond donors (Lipinski definition) is 0. The van der Waals surface area contributed by atoms with E-state index in [0.29, 0.717) is 12.6 Å². The minimum Gasteiger partial charge on any atom is -0.296 e. The molecule has 116 valence electrons. The number of ketones is 1. The molecule has 1 aliphatic rings. The number of hydrogen-bond acceptors (Lipinski definition) is 2. The third-order valence-corrected chi connectivity index (χ3v) is 5.10. The molecule has 0 unspecified atom stereocenters. The van der Waals surface area contributed by atoms with Crippen LogP contribution in [0.25, 0.3) is 0 Å². The number of rotatable bonds is 5. The summed E-state index contributed by atoms with van der Waals surface area (Å²) in [5.74, 6) is 1.17. The summed E-state index contributed by atoms with van der Waals surface area (Å²) in [4.78, 5) is 14.8. The van der Waals surface area contributed by atoms with Crippen LogP contribution in [0.5, 0.6) is 0 Å². The molecule has 0 atom stereocenters. The molecule has 0 aromatic heterocycles. The molecule has 2 rings (SSSR count). The van der Waals surface area contributed by atoms with Gasteiger partial charge in [-0.1, -0.05) is 31.0 Å². The number of carbonyl (C=O) groups is 1. The van der Waals surface area contributed by atoms with E-state index in [0.717, 1.165) is 22.6 Å². The van der Waals surface area contributed by atoms with Gasteiger partial charge in [0.1, 0.15) is 0 Å². The standard InChI is InChI=1S/C19H29NO/c1-5-16-8-10-17(11-9-16)20(4)13-19(21)18-12-14(2)6-7-15(18)3/h6-7,12,16-17H,5,8-11,13H2,1-4H3. The molecule has 21 heavy (non-hydrogen) atoms. The fourth-order valence-corrected chi connectivity index (χ4v) is 3.47. The Morgan fingerprint density at radius 3 is 2.48 bits per heavy atom. The Labute approximate surface area is 129 Å². The number of likely N-dealkylation sites (N-methyl/N-ethyl adjacent to an activating group) is 1. The van der Waals surface area contributed by atoms with Gasteiger partial charge in [0.05, 0.1) is 6.54 Å². The second-order valence-electron chi connectivity index (χ2n) is 6.74. The van der Waals surface area contributed by atoms with Crippen LogP contribution < -0.4 is 0 Å². The molecule has 0 N–H and O–H groups in total. The van der Waals surface area contributed by atoms with Gasteiger partial charge in [0.2, 0.25) is 0 Å². The summed E-state index contributed by atoms with van der Waals surface area (Å²) in [5, 5.41) is 0. The fraction of sp³-hybridized carbons (Fsp3) is 0.632. The zero-order valence-electron chi connectivity index (χ0n) is 14.0. The van der Waals surface area contributed by atoms with E-state index in [1.54, 1.807) is 0 Å². The molecule has 0 amide bonds. The van der Waals surface area contributed by atoms with Gasteiger partial charge < -0.3 is 0 Å². The summed E-state index contributed by atoms with van der Waals surface area (Å²) >= 11 is 0. The van der Waals surface area contributed by atoms with Gasteiger partial charge in [-0.3, -0.25) is 9.69 Å². The van der Waals surface area contributed by atoms with Crippen LogP contribution in [0.3, 0.4) is 0 Å². The first-order valence-corrected chi connectivity index (χ1v) is 8.32. The van der Waals surface area contributed by atoms with Crippen LogP contribution in [0.15, 0.2) is 18.2 Å². The van der Waals surface area contributed by atoms with Gasteiger partial charge in [0, 0.05) is 11.6 Å². The van der Waals surface area contributed by atoms with Crippen LogP contribution >= 0.6 is 0 Å². The lowest BCUT2D eigenvalue weighted by atomic mass is 9.84. The van der Waals surface area contributed by atoms with Gasteiger partial charge in [-0.25, -0.2) is 0 Å². The first-order chi connectivity index (χ1) is 10.0. The largest absolute Gasteiger partial charge is 0.296 e. The third kappa shape index (κ3) is 4.16. The quantitative estimate of drug-likeness (QED) is 0.749. The van der Waals surface area contributed by atoms with Crippen LogP contribution in [0.4, 0.5) is 0 Å². The van der Waals surface area contributed by atoms with E-state index in [1.165, 1.54) is 32.1 Å². The average molecular weight is 287 g/mol. The van der Waals surface area contributed by atoms with Gasteiger partial charge in [0.25, 0.3) is 0 Å². The van der Waals surface area contributed by atoms with Crippen molar-refractivity contribution in [3.05, 3.63) is 34.9 Å². The van der Waals surface area contributed by atoms with Crippen LogP contribution in [0.2, 0.25) is 0 Å². The van der Waals surface area contributed by atoms with E-state index in [-0.39, 0.29) is 5.78 Å². The van der Waals surface area contributed by atoms with Crippen molar-refractivity contribution in [1.82, 2.24) is 4.90 Å². The number of Topliss-reactive ketones (excluding diaryl/α,β-unsaturated/α-hetero) is 1. The van der Waals surface area contributed by atoms with Crippen molar-refractivity contribution in [1.29, 1.82) is 0 Å². The van der Waals surface area contributed by atoms with Crippen LogP contribution in [-0.4, -0.2) is 30.3 Å². The molecule has 1 fully saturated rings. The summed E-state index contributed by atoms with van der Waals surface area (Å²) in [5.41, 5.74) is 3.15. The van der Waals surface area contributed by atoms with E-state index >= 15 is 0 Å². The maximum Gasteiger partial charge on any atom is 0.177 e. The molecule has 1 saturated carbocycles. The van der Waals surface area contributed by atoms with E-state index in [2.05, 4.69) is 31.0 Å². The molecular formula is C19H29NO. The molecule has 1 aliphatic carbocycles. The van der Waals surface area contributed by atoms with Crippen LogP contribution in [-0.2, 0) is 0 Å². The van der Waals surface area contributed by atoms with Gasteiger partial charge in [0.15, 0.2) is 5.78 Å². The number of benzene rings is 1. The molecule has 0 aliphatic heterocycles. The second kappa shape index (κ2) is 7.22. The summed E-state index contributed by atoms with van der Waals surface area (Å²) in [7, 11) is 2.11. The highest BCUT2D eigenvalue weighted by Crippen LogP contribution is 2.29. The van der Waals surface area contributed by atoms with Crippen molar-refractivity contribution in [3.63, 3.8) is 0 Å². The predicted octanol–water partition coefficient (Wildman–Crippen LogP) is 4.39. The molecule has 2 heteroatoms. The maximum atomic E-state index is 12.5. The smallest absolute Gasteiger partial charge is 0.177 e. The Morgan fingerprint density at radius 1 is 1.19 bits per heavy atom. The van der Waals surface area contributed by atoms with Crippen molar-refractivity contribution >= 4 is 5.78 Å². The summed E-state index contributed by atoms with van der Waals surface area (Å²) < 4.78 is 0. The van der Waals surface area contributed by atoms with Crippen LogP contribution in [0, 0.1) is 19.8 Å². The zero-order chi connectivity index (χ0) is 15.4. The highest BCUT2D eigenvalue weighted by atomic mass is 16.1. The Hall–Kier alpha value is -1.15. The normalized spacial score (nSPS) is 22.5. The second-order valence-corrected chi connectivity index (χ2v) is 6.74. The van der Waals surface area contributed by atoms with Crippen molar-refractivity contribution in [2.75, 3.05) is 13.6 Å². The molecule has 1 aromatic rings.